The highest BCUT2D eigenvalue weighted by atomic mass is 16.5. The van der Waals surface area contributed by atoms with Crippen LogP contribution in [-0.2, 0) is 15.1 Å². The fraction of sp³-hybridized carbons (Fsp3) is 0.391. The van der Waals surface area contributed by atoms with Gasteiger partial charge in [0.1, 0.15) is 18.5 Å². The Morgan fingerprint density at radius 3 is 2.76 bits per heavy atom. The second-order valence-corrected chi connectivity index (χ2v) is 7.50. The molecule has 0 saturated carbocycles. The largest absolute Gasteiger partial charge is 0.494 e. The highest BCUT2D eigenvalue weighted by Crippen LogP contribution is 2.42. The van der Waals surface area contributed by atoms with Crippen LogP contribution >= 0.6 is 0 Å². The number of carbonyl (C=O) groups excluding carboxylic acids is 2. The third-order valence-corrected chi connectivity index (χ3v) is 6.02. The first kappa shape index (κ1) is 19.5. The minimum atomic E-state index is -0.555. The highest BCUT2D eigenvalue weighted by Gasteiger charge is 2.53. The molecule has 2 heterocycles. The van der Waals surface area contributed by atoms with Crippen LogP contribution < -0.4 is 4.74 Å². The summed E-state index contributed by atoms with van der Waals surface area (Å²) in [5.74, 6) is 0.610. The maximum atomic E-state index is 13.2. The van der Waals surface area contributed by atoms with E-state index in [2.05, 4.69) is 0 Å². The SMILES string of the molecule is CCOc1cccc(C(=O)N2CC[C@]3(c4ccccc4)[C@@H](C2)OCC(=O)N3C)c1. The lowest BCUT2D eigenvalue weighted by Crippen LogP contribution is -2.67. The number of piperidine rings is 1. The third kappa shape index (κ3) is 3.38. The number of fused-ring (bicyclic) bond motifs is 1. The topological polar surface area (TPSA) is 59.1 Å². The first-order valence-electron chi connectivity index (χ1n) is 10.0. The molecule has 0 spiro atoms. The van der Waals surface area contributed by atoms with E-state index in [0.29, 0.717) is 37.4 Å². The normalized spacial score (nSPS) is 24.2. The van der Waals surface area contributed by atoms with Gasteiger partial charge in [0.25, 0.3) is 5.91 Å². The average molecular weight is 394 g/mol. The molecule has 2 saturated heterocycles. The Hall–Kier alpha value is -2.86. The monoisotopic (exact) mass is 394 g/mol. The number of likely N-dealkylation sites (N-methyl/N-ethyl adjacent to an activating group) is 1. The lowest BCUT2D eigenvalue weighted by Gasteiger charge is -2.54. The van der Waals surface area contributed by atoms with Crippen molar-refractivity contribution < 1.29 is 19.1 Å². The molecule has 2 aromatic rings. The zero-order chi connectivity index (χ0) is 20.4. The predicted molar refractivity (Wildman–Crippen MR) is 109 cm³/mol. The number of nitrogens with zero attached hydrogens (tertiary/aromatic N) is 2. The van der Waals surface area contributed by atoms with E-state index >= 15 is 0 Å². The molecule has 2 amide bonds. The molecule has 152 valence electrons. The molecule has 0 bridgehead atoms. The molecule has 4 rings (SSSR count). The van der Waals surface area contributed by atoms with E-state index in [-0.39, 0.29) is 24.5 Å². The fourth-order valence-corrected chi connectivity index (χ4v) is 4.48. The number of ether oxygens (including phenoxy) is 2. The Kier molecular flexibility index (Phi) is 5.28. The minimum Gasteiger partial charge on any atom is -0.494 e. The van der Waals surface area contributed by atoms with Gasteiger partial charge in [0.2, 0.25) is 5.91 Å². The van der Waals surface area contributed by atoms with Crippen LogP contribution in [0.3, 0.4) is 0 Å². The van der Waals surface area contributed by atoms with Gasteiger partial charge in [0.15, 0.2) is 0 Å². The summed E-state index contributed by atoms with van der Waals surface area (Å²) in [5.41, 5.74) is 1.09. The Bertz CT molecular complexity index is 901. The quantitative estimate of drug-likeness (QED) is 0.800. The lowest BCUT2D eigenvalue weighted by molar-refractivity contribution is -0.180. The summed E-state index contributed by atoms with van der Waals surface area (Å²) in [6.07, 6.45) is 0.348. The van der Waals surface area contributed by atoms with Crippen LogP contribution in [0.1, 0.15) is 29.3 Å². The maximum Gasteiger partial charge on any atom is 0.254 e. The average Bonchev–Trinajstić information content (AvgIpc) is 2.76. The molecular formula is C23H26N2O4. The molecule has 0 aliphatic carbocycles. The number of amides is 2. The standard InChI is InChI=1S/C23H26N2O4/c1-3-28-19-11-7-8-17(14-19)22(27)25-13-12-23(18-9-5-4-6-10-18)20(15-25)29-16-21(26)24(23)2/h4-11,14,20H,3,12-13,15-16H2,1-2H3/t20-,23+/m1/s1. The van der Waals surface area contributed by atoms with E-state index < -0.39 is 5.54 Å². The highest BCUT2D eigenvalue weighted by molar-refractivity contribution is 5.94. The molecule has 2 atom stereocenters. The van der Waals surface area contributed by atoms with Crippen molar-refractivity contribution in [2.75, 3.05) is 33.4 Å². The summed E-state index contributed by atoms with van der Waals surface area (Å²) < 4.78 is 11.5. The van der Waals surface area contributed by atoms with Crippen LogP contribution in [-0.4, -0.2) is 61.1 Å². The van der Waals surface area contributed by atoms with Gasteiger partial charge in [-0.3, -0.25) is 9.59 Å². The van der Waals surface area contributed by atoms with Crippen LogP contribution in [0.2, 0.25) is 0 Å². The Labute approximate surface area is 171 Å². The van der Waals surface area contributed by atoms with Crippen molar-refractivity contribution in [2.24, 2.45) is 0 Å². The summed E-state index contributed by atoms with van der Waals surface area (Å²) >= 11 is 0. The fourth-order valence-electron chi connectivity index (χ4n) is 4.48. The van der Waals surface area contributed by atoms with Gasteiger partial charge in [-0.05, 0) is 37.1 Å². The summed E-state index contributed by atoms with van der Waals surface area (Å²) in [5, 5.41) is 0. The predicted octanol–water partition coefficient (Wildman–Crippen LogP) is 2.68. The van der Waals surface area contributed by atoms with Crippen LogP contribution in [0.15, 0.2) is 54.6 Å². The van der Waals surface area contributed by atoms with Gasteiger partial charge in [-0.15, -0.1) is 0 Å². The zero-order valence-electron chi connectivity index (χ0n) is 16.8. The van der Waals surface area contributed by atoms with E-state index in [0.717, 1.165) is 5.56 Å². The van der Waals surface area contributed by atoms with Crippen molar-refractivity contribution in [3.8, 4) is 5.75 Å². The Morgan fingerprint density at radius 1 is 1.21 bits per heavy atom. The van der Waals surface area contributed by atoms with Gasteiger partial charge in [-0.1, -0.05) is 36.4 Å². The molecule has 2 aliphatic rings. The summed E-state index contributed by atoms with van der Waals surface area (Å²) in [6, 6.07) is 17.3. The smallest absolute Gasteiger partial charge is 0.254 e. The van der Waals surface area contributed by atoms with E-state index in [1.54, 1.807) is 12.1 Å². The number of rotatable bonds is 4. The second kappa shape index (κ2) is 7.87. The molecule has 29 heavy (non-hydrogen) atoms. The third-order valence-electron chi connectivity index (χ3n) is 6.02. The molecule has 0 unspecified atom stereocenters. The Morgan fingerprint density at radius 2 is 2.00 bits per heavy atom. The first-order chi connectivity index (χ1) is 14.1. The minimum absolute atomic E-state index is 0.0331. The van der Waals surface area contributed by atoms with E-state index in [1.165, 1.54) is 0 Å². The van der Waals surface area contributed by atoms with Crippen LogP contribution in [0.25, 0.3) is 0 Å². The molecule has 0 aromatic heterocycles. The number of carbonyl (C=O) groups is 2. The molecular weight excluding hydrogens is 368 g/mol. The number of morpholine rings is 1. The number of hydrogen-bond acceptors (Lipinski definition) is 4. The second-order valence-electron chi connectivity index (χ2n) is 7.50. The molecule has 6 heteroatoms. The van der Waals surface area contributed by atoms with Crippen LogP contribution in [0, 0.1) is 0 Å². The van der Waals surface area contributed by atoms with Crippen molar-refractivity contribution in [3.63, 3.8) is 0 Å². The van der Waals surface area contributed by atoms with Gasteiger partial charge in [-0.2, -0.15) is 0 Å². The Balaban J connectivity index is 1.61. The van der Waals surface area contributed by atoms with Crippen molar-refractivity contribution in [1.82, 2.24) is 9.80 Å². The molecule has 2 aromatic carbocycles. The van der Waals surface area contributed by atoms with Crippen molar-refractivity contribution in [3.05, 3.63) is 65.7 Å². The summed E-state index contributed by atoms with van der Waals surface area (Å²) in [7, 11) is 1.84. The zero-order valence-corrected chi connectivity index (χ0v) is 16.8. The maximum absolute atomic E-state index is 13.2. The lowest BCUT2D eigenvalue weighted by atomic mass is 9.76. The first-order valence-corrected chi connectivity index (χ1v) is 10.0. The van der Waals surface area contributed by atoms with Gasteiger partial charge in [0.05, 0.1) is 12.1 Å². The number of hydrogen-bond donors (Lipinski definition) is 0. The molecule has 2 aliphatic heterocycles. The van der Waals surface area contributed by atoms with Gasteiger partial charge in [-0.25, -0.2) is 0 Å². The van der Waals surface area contributed by atoms with Gasteiger partial charge in [0, 0.05) is 25.7 Å². The molecule has 0 N–H and O–H groups in total. The summed E-state index contributed by atoms with van der Waals surface area (Å²) in [6.45, 7) is 3.49. The van der Waals surface area contributed by atoms with E-state index in [4.69, 9.17) is 9.47 Å². The molecule has 2 fully saturated rings. The van der Waals surface area contributed by atoms with E-state index in [1.807, 2.05) is 66.2 Å². The van der Waals surface area contributed by atoms with Crippen molar-refractivity contribution in [1.29, 1.82) is 0 Å². The summed E-state index contributed by atoms with van der Waals surface area (Å²) in [4.78, 5) is 29.3. The number of likely N-dealkylation sites (tertiary alicyclic amines) is 1. The van der Waals surface area contributed by atoms with Crippen LogP contribution in [0.5, 0.6) is 5.75 Å². The number of benzene rings is 2. The van der Waals surface area contributed by atoms with Crippen molar-refractivity contribution in [2.45, 2.75) is 25.0 Å². The van der Waals surface area contributed by atoms with Crippen LogP contribution in [0.4, 0.5) is 0 Å². The van der Waals surface area contributed by atoms with Gasteiger partial charge >= 0.3 is 0 Å². The van der Waals surface area contributed by atoms with Crippen molar-refractivity contribution >= 4 is 11.8 Å². The molecule has 6 nitrogen and oxygen atoms in total. The van der Waals surface area contributed by atoms with E-state index in [9.17, 15) is 9.59 Å². The molecule has 0 radical (unpaired) electrons. The van der Waals surface area contributed by atoms with Gasteiger partial charge < -0.3 is 19.3 Å².